The number of ether oxygens (including phenoxy) is 2. The molecule has 11 nitrogen and oxygen atoms in total. The van der Waals surface area contributed by atoms with Crippen LogP contribution >= 0.6 is 0 Å². The van der Waals surface area contributed by atoms with Crippen LogP contribution in [0.1, 0.15) is 36.7 Å². The topological polar surface area (TPSA) is 120 Å². The fourth-order valence-corrected chi connectivity index (χ4v) is 5.38. The second kappa shape index (κ2) is 13.0. The van der Waals surface area contributed by atoms with E-state index < -0.39 is 11.6 Å². The fraction of sp³-hybridized carbons (Fsp3) is 0.419. The summed E-state index contributed by atoms with van der Waals surface area (Å²) in [5, 5.41) is 2.85. The Hall–Kier alpha value is -4.13. The number of H-pyrrole nitrogens is 1. The minimum atomic E-state index is -0.567. The van der Waals surface area contributed by atoms with Gasteiger partial charge in [0.05, 0.1) is 36.6 Å². The predicted octanol–water partition coefficient (Wildman–Crippen LogP) is 3.10. The maximum Gasteiger partial charge on any atom is 0.255 e. The first-order chi connectivity index (χ1) is 20.6. The number of anilines is 1. The van der Waals surface area contributed by atoms with Crippen LogP contribution in [-0.2, 0) is 16.1 Å². The van der Waals surface area contributed by atoms with Gasteiger partial charge in [0.1, 0.15) is 23.1 Å². The standard InChI is InChI=1S/C31H37FN6O5/c1-21(28(39)35-27-9-8-26(18-33-27)43-25-6-4-24(32)5-7-25)37-10-11-38(31(2,3)20-37)30(41)22-16-23(29(40)34-17-22)19-36-12-14-42-15-13-36/h4-9,16-18,21H,10-15,19-20H2,1-3H3,(H,34,40)(H,33,35,39)/t21-/m0/s1. The van der Waals surface area contributed by atoms with Crippen molar-refractivity contribution in [3.63, 3.8) is 0 Å². The average molecular weight is 593 g/mol. The molecule has 2 aromatic heterocycles. The number of aromatic nitrogens is 2. The third kappa shape index (κ3) is 7.45. The van der Waals surface area contributed by atoms with Crippen molar-refractivity contribution in [2.75, 3.05) is 51.3 Å². The highest BCUT2D eigenvalue weighted by atomic mass is 19.1. The Morgan fingerprint density at radius 1 is 1.09 bits per heavy atom. The van der Waals surface area contributed by atoms with Crippen molar-refractivity contribution in [3.8, 4) is 11.5 Å². The van der Waals surface area contributed by atoms with Crippen molar-refractivity contribution in [3.05, 3.63) is 82.2 Å². The molecule has 2 amide bonds. The van der Waals surface area contributed by atoms with Gasteiger partial charge in [-0.3, -0.25) is 24.2 Å². The van der Waals surface area contributed by atoms with E-state index >= 15 is 0 Å². The molecule has 5 rings (SSSR count). The van der Waals surface area contributed by atoms with Crippen LogP contribution in [0, 0.1) is 5.82 Å². The Kier molecular flexibility index (Phi) is 9.19. The molecule has 1 aromatic carbocycles. The van der Waals surface area contributed by atoms with Gasteiger partial charge in [0.25, 0.3) is 11.5 Å². The van der Waals surface area contributed by atoms with Gasteiger partial charge >= 0.3 is 0 Å². The van der Waals surface area contributed by atoms with Crippen LogP contribution in [-0.4, -0.2) is 94.0 Å². The minimum Gasteiger partial charge on any atom is -0.456 e. The third-order valence-electron chi connectivity index (χ3n) is 7.87. The molecule has 1 atom stereocenters. The highest BCUT2D eigenvalue weighted by molar-refractivity contribution is 5.95. The number of aromatic amines is 1. The molecule has 12 heteroatoms. The lowest BCUT2D eigenvalue weighted by molar-refractivity contribution is -0.122. The number of benzene rings is 1. The van der Waals surface area contributed by atoms with Gasteiger partial charge in [0.15, 0.2) is 0 Å². The molecule has 43 heavy (non-hydrogen) atoms. The molecule has 3 aromatic rings. The molecule has 2 aliphatic heterocycles. The van der Waals surface area contributed by atoms with Gasteiger partial charge in [0.2, 0.25) is 5.91 Å². The monoisotopic (exact) mass is 592 g/mol. The van der Waals surface area contributed by atoms with Crippen LogP contribution in [0.4, 0.5) is 10.2 Å². The summed E-state index contributed by atoms with van der Waals surface area (Å²) < 4.78 is 24.2. The SMILES string of the molecule is C[C@@H](C(=O)Nc1ccc(Oc2ccc(F)cc2)cn1)N1CCN(C(=O)c2c[nH]c(=O)c(CN3CCOCC3)c2)C(C)(C)C1. The maximum absolute atomic E-state index is 13.6. The molecule has 0 aliphatic carbocycles. The molecule has 0 radical (unpaired) electrons. The predicted molar refractivity (Wildman–Crippen MR) is 159 cm³/mol. The van der Waals surface area contributed by atoms with Crippen molar-refractivity contribution in [1.29, 1.82) is 0 Å². The summed E-state index contributed by atoms with van der Waals surface area (Å²) in [6, 6.07) is 10.2. The number of hydrogen-bond acceptors (Lipinski definition) is 8. The van der Waals surface area contributed by atoms with Gasteiger partial charge in [-0.2, -0.15) is 0 Å². The summed E-state index contributed by atoms with van der Waals surface area (Å²) in [5.41, 5.74) is 0.227. The van der Waals surface area contributed by atoms with Crippen LogP contribution in [0.2, 0.25) is 0 Å². The summed E-state index contributed by atoms with van der Waals surface area (Å²) in [6.45, 7) is 10.4. The number of carbonyl (C=O) groups is 2. The summed E-state index contributed by atoms with van der Waals surface area (Å²) in [6.07, 6.45) is 2.97. The molecule has 2 fully saturated rings. The van der Waals surface area contributed by atoms with Crippen LogP contribution in [0.5, 0.6) is 11.5 Å². The Morgan fingerprint density at radius 2 is 1.81 bits per heavy atom. The van der Waals surface area contributed by atoms with Gasteiger partial charge < -0.3 is 24.7 Å². The second-order valence-corrected chi connectivity index (χ2v) is 11.5. The molecule has 0 spiro atoms. The van der Waals surface area contributed by atoms with E-state index in [9.17, 15) is 18.8 Å². The van der Waals surface area contributed by atoms with E-state index in [4.69, 9.17) is 9.47 Å². The molecule has 0 saturated carbocycles. The lowest BCUT2D eigenvalue weighted by Crippen LogP contribution is -2.63. The number of pyridine rings is 2. The number of morpholine rings is 1. The van der Waals surface area contributed by atoms with E-state index in [1.165, 1.54) is 36.7 Å². The van der Waals surface area contributed by atoms with Crippen molar-refractivity contribution in [2.45, 2.75) is 38.9 Å². The van der Waals surface area contributed by atoms with Crippen molar-refractivity contribution in [2.24, 2.45) is 0 Å². The zero-order valence-electron chi connectivity index (χ0n) is 24.6. The van der Waals surface area contributed by atoms with Crippen LogP contribution < -0.4 is 15.6 Å². The number of piperazine rings is 1. The number of amides is 2. The molecule has 2 N–H and O–H groups in total. The first-order valence-electron chi connectivity index (χ1n) is 14.4. The van der Waals surface area contributed by atoms with Crippen LogP contribution in [0.3, 0.4) is 0 Å². The first-order valence-corrected chi connectivity index (χ1v) is 14.4. The number of nitrogens with one attached hydrogen (secondary N) is 2. The van der Waals surface area contributed by atoms with Crippen molar-refractivity contribution < 1.29 is 23.5 Å². The number of nitrogens with zero attached hydrogens (tertiary/aromatic N) is 4. The molecule has 2 aliphatic rings. The molecule has 0 bridgehead atoms. The highest BCUT2D eigenvalue weighted by Gasteiger charge is 2.40. The van der Waals surface area contributed by atoms with Crippen LogP contribution in [0.15, 0.2) is 59.7 Å². The molecular formula is C31H37FN6O5. The third-order valence-corrected chi connectivity index (χ3v) is 7.87. The van der Waals surface area contributed by atoms with E-state index in [1.54, 1.807) is 18.2 Å². The van der Waals surface area contributed by atoms with E-state index in [-0.39, 0.29) is 23.2 Å². The first kappa shape index (κ1) is 30.3. The summed E-state index contributed by atoms with van der Waals surface area (Å²) in [5.74, 6) is 0.578. The van der Waals surface area contributed by atoms with E-state index in [2.05, 4.69) is 20.2 Å². The summed E-state index contributed by atoms with van der Waals surface area (Å²) >= 11 is 0. The Balaban J connectivity index is 1.17. The van der Waals surface area contributed by atoms with Gasteiger partial charge in [-0.25, -0.2) is 9.37 Å². The van der Waals surface area contributed by atoms with Crippen molar-refractivity contribution in [1.82, 2.24) is 24.7 Å². The van der Waals surface area contributed by atoms with E-state index in [0.717, 1.165) is 13.1 Å². The van der Waals surface area contributed by atoms with Crippen molar-refractivity contribution >= 4 is 17.6 Å². The van der Waals surface area contributed by atoms with E-state index in [1.807, 2.05) is 30.6 Å². The fourth-order valence-electron chi connectivity index (χ4n) is 5.38. The quantitative estimate of drug-likeness (QED) is 0.410. The zero-order chi connectivity index (χ0) is 30.6. The second-order valence-electron chi connectivity index (χ2n) is 11.5. The Morgan fingerprint density at radius 3 is 2.49 bits per heavy atom. The smallest absolute Gasteiger partial charge is 0.255 e. The van der Waals surface area contributed by atoms with Crippen LogP contribution in [0.25, 0.3) is 0 Å². The number of rotatable bonds is 8. The molecular weight excluding hydrogens is 555 g/mol. The Bertz CT molecular complexity index is 1490. The molecule has 0 unspecified atom stereocenters. The maximum atomic E-state index is 13.6. The summed E-state index contributed by atoms with van der Waals surface area (Å²) in [7, 11) is 0. The van der Waals surface area contributed by atoms with Gasteiger partial charge in [-0.05, 0) is 63.2 Å². The largest absolute Gasteiger partial charge is 0.456 e. The number of carbonyl (C=O) groups excluding carboxylic acids is 2. The summed E-state index contributed by atoms with van der Waals surface area (Å²) in [4.78, 5) is 52.2. The van der Waals surface area contributed by atoms with Gasteiger partial charge in [-0.15, -0.1) is 0 Å². The molecule has 2 saturated heterocycles. The lowest BCUT2D eigenvalue weighted by Gasteiger charge is -2.48. The lowest BCUT2D eigenvalue weighted by atomic mass is 9.96. The average Bonchev–Trinajstić information content (AvgIpc) is 2.99. The van der Waals surface area contributed by atoms with Gasteiger partial charge in [-0.1, -0.05) is 0 Å². The normalized spacial score (nSPS) is 18.2. The molecule has 228 valence electrons. The number of halogens is 1. The van der Waals surface area contributed by atoms with Gasteiger partial charge in [0, 0.05) is 51.0 Å². The van der Waals surface area contributed by atoms with E-state index in [0.29, 0.717) is 67.8 Å². The Labute approximate surface area is 249 Å². The number of hydrogen-bond donors (Lipinski definition) is 2. The zero-order valence-corrected chi connectivity index (χ0v) is 24.6. The molecule has 4 heterocycles. The minimum absolute atomic E-state index is 0.159. The highest BCUT2D eigenvalue weighted by Crippen LogP contribution is 2.26.